The standard InChI is InChI=1S/C16H22BrNO4/c1-3-22-16(20)13-6-4-5-7-18(13)10-11-8-12(17)15(19)14(9-11)21-2/h8-9,13,19H,3-7,10H2,1-2H3. The summed E-state index contributed by atoms with van der Waals surface area (Å²) in [5, 5.41) is 9.88. The molecular formula is C16H22BrNO4. The summed E-state index contributed by atoms with van der Waals surface area (Å²) >= 11 is 3.33. The first kappa shape index (κ1) is 17.1. The molecule has 0 radical (unpaired) electrons. The number of benzene rings is 1. The number of likely N-dealkylation sites (tertiary alicyclic amines) is 1. The van der Waals surface area contributed by atoms with Gasteiger partial charge in [-0.15, -0.1) is 0 Å². The molecule has 6 heteroatoms. The Labute approximate surface area is 139 Å². The molecule has 0 spiro atoms. The number of carbonyl (C=O) groups is 1. The zero-order valence-electron chi connectivity index (χ0n) is 13.0. The minimum atomic E-state index is -0.188. The minimum Gasteiger partial charge on any atom is -0.503 e. The van der Waals surface area contributed by atoms with Gasteiger partial charge in [0.2, 0.25) is 0 Å². The normalized spacial score (nSPS) is 19.0. The molecule has 0 aromatic heterocycles. The van der Waals surface area contributed by atoms with E-state index >= 15 is 0 Å². The highest BCUT2D eigenvalue weighted by Crippen LogP contribution is 2.36. The number of methoxy groups -OCH3 is 1. The third-order valence-electron chi connectivity index (χ3n) is 3.87. The van der Waals surface area contributed by atoms with E-state index in [4.69, 9.17) is 9.47 Å². The van der Waals surface area contributed by atoms with Crippen molar-refractivity contribution in [2.45, 2.75) is 38.8 Å². The first-order valence-corrected chi connectivity index (χ1v) is 8.32. The summed E-state index contributed by atoms with van der Waals surface area (Å²) in [6.45, 7) is 3.72. The lowest BCUT2D eigenvalue weighted by Gasteiger charge is -2.34. The minimum absolute atomic E-state index is 0.0897. The van der Waals surface area contributed by atoms with E-state index in [0.717, 1.165) is 31.4 Å². The number of ether oxygens (including phenoxy) is 2. The highest BCUT2D eigenvalue weighted by Gasteiger charge is 2.30. The lowest BCUT2D eigenvalue weighted by molar-refractivity contribution is -0.151. The van der Waals surface area contributed by atoms with Gasteiger partial charge < -0.3 is 14.6 Å². The van der Waals surface area contributed by atoms with Crippen molar-refractivity contribution < 1.29 is 19.4 Å². The third kappa shape index (κ3) is 3.93. The molecule has 1 aromatic carbocycles. The third-order valence-corrected chi connectivity index (χ3v) is 4.47. The summed E-state index contributed by atoms with van der Waals surface area (Å²) in [5.74, 6) is 0.368. The molecule has 1 N–H and O–H groups in total. The van der Waals surface area contributed by atoms with Crippen LogP contribution in [0.5, 0.6) is 11.5 Å². The summed E-state index contributed by atoms with van der Waals surface area (Å²) in [4.78, 5) is 14.2. The molecule has 0 bridgehead atoms. The van der Waals surface area contributed by atoms with Gasteiger partial charge in [-0.3, -0.25) is 9.69 Å². The van der Waals surface area contributed by atoms with Crippen LogP contribution in [0.4, 0.5) is 0 Å². The first-order chi connectivity index (χ1) is 10.6. The molecule has 1 aliphatic rings. The van der Waals surface area contributed by atoms with Crippen LogP contribution in [-0.4, -0.2) is 42.3 Å². The maximum absolute atomic E-state index is 12.1. The average molecular weight is 372 g/mol. The highest BCUT2D eigenvalue weighted by atomic mass is 79.9. The van der Waals surface area contributed by atoms with Gasteiger partial charge in [-0.25, -0.2) is 0 Å². The topological polar surface area (TPSA) is 59.0 Å². The number of nitrogens with zero attached hydrogens (tertiary/aromatic N) is 1. The monoisotopic (exact) mass is 371 g/mol. The number of halogens is 1. The number of phenols is 1. The smallest absolute Gasteiger partial charge is 0.323 e. The van der Waals surface area contributed by atoms with E-state index in [2.05, 4.69) is 20.8 Å². The van der Waals surface area contributed by atoms with Crippen LogP contribution < -0.4 is 4.74 Å². The van der Waals surface area contributed by atoms with Gasteiger partial charge in [0.25, 0.3) is 0 Å². The van der Waals surface area contributed by atoms with Crippen molar-refractivity contribution in [1.29, 1.82) is 0 Å². The maximum Gasteiger partial charge on any atom is 0.323 e. The Morgan fingerprint density at radius 1 is 1.45 bits per heavy atom. The largest absolute Gasteiger partial charge is 0.503 e. The Morgan fingerprint density at radius 2 is 2.23 bits per heavy atom. The van der Waals surface area contributed by atoms with Gasteiger partial charge in [0.1, 0.15) is 6.04 Å². The number of esters is 1. The Kier molecular flexibility index (Phi) is 6.08. The van der Waals surface area contributed by atoms with E-state index in [1.165, 1.54) is 7.11 Å². The molecule has 1 fully saturated rings. The van der Waals surface area contributed by atoms with Crippen molar-refractivity contribution in [2.24, 2.45) is 0 Å². The quantitative estimate of drug-likeness (QED) is 0.805. The Hall–Kier alpha value is -1.27. The van der Waals surface area contributed by atoms with Crippen molar-refractivity contribution in [3.8, 4) is 11.5 Å². The number of aromatic hydroxyl groups is 1. The van der Waals surface area contributed by atoms with Crippen molar-refractivity contribution >= 4 is 21.9 Å². The lowest BCUT2D eigenvalue weighted by atomic mass is 10.0. The van der Waals surface area contributed by atoms with Crippen molar-refractivity contribution in [3.63, 3.8) is 0 Å². The van der Waals surface area contributed by atoms with Gasteiger partial charge in [-0.1, -0.05) is 6.42 Å². The molecule has 5 nitrogen and oxygen atoms in total. The molecule has 0 saturated carbocycles. The second-order valence-electron chi connectivity index (χ2n) is 5.36. The predicted octanol–water partition coefficient (Wildman–Crippen LogP) is 3.08. The van der Waals surface area contributed by atoms with Gasteiger partial charge >= 0.3 is 5.97 Å². The Morgan fingerprint density at radius 3 is 2.91 bits per heavy atom. The Balaban J connectivity index is 2.16. The summed E-state index contributed by atoms with van der Waals surface area (Å²) in [5.41, 5.74) is 0.984. The van der Waals surface area contributed by atoms with Crippen LogP contribution >= 0.6 is 15.9 Å². The van der Waals surface area contributed by atoms with E-state index in [1.807, 2.05) is 13.0 Å². The van der Waals surface area contributed by atoms with Crippen molar-refractivity contribution in [1.82, 2.24) is 4.90 Å². The summed E-state index contributed by atoms with van der Waals surface area (Å²) in [6.07, 6.45) is 2.95. The zero-order chi connectivity index (χ0) is 16.1. The van der Waals surface area contributed by atoms with Gasteiger partial charge in [-0.2, -0.15) is 0 Å². The number of carbonyl (C=O) groups excluding carboxylic acids is 1. The molecule has 1 atom stereocenters. The molecule has 22 heavy (non-hydrogen) atoms. The molecule has 1 saturated heterocycles. The molecule has 1 heterocycles. The van der Waals surface area contributed by atoms with E-state index in [1.54, 1.807) is 6.07 Å². The molecular weight excluding hydrogens is 350 g/mol. The zero-order valence-corrected chi connectivity index (χ0v) is 14.6. The molecule has 2 rings (SSSR count). The van der Waals surface area contributed by atoms with Gasteiger partial charge in [0.15, 0.2) is 11.5 Å². The molecule has 1 aliphatic heterocycles. The molecule has 1 unspecified atom stereocenters. The fourth-order valence-electron chi connectivity index (χ4n) is 2.79. The van der Waals surface area contributed by atoms with Crippen LogP contribution in [0, 0.1) is 0 Å². The van der Waals surface area contributed by atoms with Crippen molar-refractivity contribution in [2.75, 3.05) is 20.3 Å². The van der Waals surface area contributed by atoms with E-state index in [-0.39, 0.29) is 17.8 Å². The number of hydrogen-bond donors (Lipinski definition) is 1. The second kappa shape index (κ2) is 7.83. The number of phenolic OH excluding ortho intramolecular Hbond substituents is 1. The number of piperidine rings is 1. The van der Waals surface area contributed by atoms with Gasteiger partial charge in [0.05, 0.1) is 18.2 Å². The summed E-state index contributed by atoms with van der Waals surface area (Å²) in [6, 6.07) is 3.47. The summed E-state index contributed by atoms with van der Waals surface area (Å²) < 4.78 is 11.0. The van der Waals surface area contributed by atoms with Gasteiger partial charge in [0, 0.05) is 6.54 Å². The molecule has 122 valence electrons. The summed E-state index contributed by atoms with van der Waals surface area (Å²) in [7, 11) is 1.52. The predicted molar refractivity (Wildman–Crippen MR) is 87.0 cm³/mol. The van der Waals surface area contributed by atoms with Crippen LogP contribution in [0.2, 0.25) is 0 Å². The number of hydrogen-bond acceptors (Lipinski definition) is 5. The van der Waals surface area contributed by atoms with Crippen LogP contribution in [0.1, 0.15) is 31.7 Å². The van der Waals surface area contributed by atoms with E-state index < -0.39 is 0 Å². The van der Waals surface area contributed by atoms with Crippen LogP contribution in [-0.2, 0) is 16.1 Å². The van der Waals surface area contributed by atoms with Crippen LogP contribution in [0.3, 0.4) is 0 Å². The SMILES string of the molecule is CCOC(=O)C1CCCCN1Cc1cc(Br)c(O)c(OC)c1. The van der Waals surface area contributed by atoms with E-state index in [9.17, 15) is 9.90 Å². The lowest BCUT2D eigenvalue weighted by Crippen LogP contribution is -2.44. The molecule has 1 aromatic rings. The highest BCUT2D eigenvalue weighted by molar-refractivity contribution is 9.10. The van der Waals surface area contributed by atoms with Crippen LogP contribution in [0.25, 0.3) is 0 Å². The second-order valence-corrected chi connectivity index (χ2v) is 6.22. The molecule has 0 amide bonds. The van der Waals surface area contributed by atoms with Crippen molar-refractivity contribution in [3.05, 3.63) is 22.2 Å². The average Bonchev–Trinajstić information content (AvgIpc) is 2.51. The fourth-order valence-corrected chi connectivity index (χ4v) is 3.28. The molecule has 0 aliphatic carbocycles. The van der Waals surface area contributed by atoms with Gasteiger partial charge in [-0.05, 0) is 59.9 Å². The van der Waals surface area contributed by atoms with E-state index in [0.29, 0.717) is 23.4 Å². The van der Waals surface area contributed by atoms with Crippen LogP contribution in [0.15, 0.2) is 16.6 Å². The fraction of sp³-hybridized carbons (Fsp3) is 0.562. The number of rotatable bonds is 5. The Bertz CT molecular complexity index is 535. The first-order valence-electron chi connectivity index (χ1n) is 7.52. The maximum atomic E-state index is 12.1.